The third-order valence-corrected chi connectivity index (χ3v) is 7.55. The Hall–Kier alpha value is -3.19. The molecule has 1 saturated heterocycles. The Kier molecular flexibility index (Phi) is 7.13. The second kappa shape index (κ2) is 10.6. The van der Waals surface area contributed by atoms with E-state index in [2.05, 4.69) is 49.5 Å². The standard InChI is InChI=1S/C28H33N5OS/c1-20-12-14-21(15-13-20)30-25(34)16-19-33-27(26(31-28(33)35)23-10-5-6-17-29-23)24-11-7-18-32(24)22-8-3-2-4-9-22/h5-7,10-15,17-18,22,26-27H,2-4,8-9,16,19H2,1H3,(H,30,34)(H,31,35). The Morgan fingerprint density at radius 2 is 1.89 bits per heavy atom. The molecule has 0 radical (unpaired) electrons. The fraction of sp³-hybridized carbons (Fsp3) is 0.393. The fourth-order valence-corrected chi connectivity index (χ4v) is 5.73. The first-order valence-corrected chi connectivity index (χ1v) is 13.0. The number of hydrogen-bond donors (Lipinski definition) is 2. The van der Waals surface area contributed by atoms with Gasteiger partial charge in [-0.15, -0.1) is 0 Å². The van der Waals surface area contributed by atoms with Gasteiger partial charge in [-0.3, -0.25) is 9.78 Å². The highest BCUT2D eigenvalue weighted by atomic mass is 32.1. The Balaban J connectivity index is 1.39. The van der Waals surface area contributed by atoms with Gasteiger partial charge in [0.2, 0.25) is 5.91 Å². The van der Waals surface area contributed by atoms with Crippen molar-refractivity contribution >= 4 is 28.9 Å². The van der Waals surface area contributed by atoms with Crippen LogP contribution >= 0.6 is 12.2 Å². The second-order valence-corrected chi connectivity index (χ2v) is 10.0. The molecule has 2 unspecified atom stereocenters. The molecule has 1 amide bonds. The van der Waals surface area contributed by atoms with Crippen molar-refractivity contribution in [2.75, 3.05) is 11.9 Å². The van der Waals surface area contributed by atoms with Gasteiger partial charge in [0, 0.05) is 42.8 Å². The van der Waals surface area contributed by atoms with Gasteiger partial charge in [0.1, 0.15) is 0 Å². The van der Waals surface area contributed by atoms with Gasteiger partial charge in [-0.05, 0) is 68.4 Å². The van der Waals surface area contributed by atoms with Crippen LogP contribution in [0.1, 0.15) is 73.6 Å². The van der Waals surface area contributed by atoms with E-state index in [-0.39, 0.29) is 18.0 Å². The smallest absolute Gasteiger partial charge is 0.226 e. The van der Waals surface area contributed by atoms with Crippen molar-refractivity contribution in [3.8, 4) is 0 Å². The number of aromatic nitrogens is 2. The van der Waals surface area contributed by atoms with Gasteiger partial charge in [-0.25, -0.2) is 0 Å². The number of carbonyl (C=O) groups is 1. The summed E-state index contributed by atoms with van der Waals surface area (Å²) in [6, 6.07) is 18.7. The summed E-state index contributed by atoms with van der Waals surface area (Å²) in [6.07, 6.45) is 10.7. The Bertz CT molecular complexity index is 1150. The monoisotopic (exact) mass is 487 g/mol. The fourth-order valence-electron chi connectivity index (χ4n) is 5.40. The van der Waals surface area contributed by atoms with Gasteiger partial charge in [0.25, 0.3) is 0 Å². The van der Waals surface area contributed by atoms with Crippen LogP contribution in [0.3, 0.4) is 0 Å². The molecule has 2 fully saturated rings. The van der Waals surface area contributed by atoms with Crippen LogP contribution in [0.5, 0.6) is 0 Å². The summed E-state index contributed by atoms with van der Waals surface area (Å²) >= 11 is 5.81. The van der Waals surface area contributed by atoms with E-state index in [4.69, 9.17) is 12.2 Å². The molecule has 1 aliphatic heterocycles. The highest BCUT2D eigenvalue weighted by molar-refractivity contribution is 7.80. The third kappa shape index (κ3) is 5.25. The van der Waals surface area contributed by atoms with Crippen LogP contribution in [-0.2, 0) is 4.79 Å². The van der Waals surface area contributed by atoms with E-state index >= 15 is 0 Å². The first-order chi connectivity index (χ1) is 17.1. The number of hydrogen-bond acceptors (Lipinski definition) is 3. The van der Waals surface area contributed by atoms with Crippen molar-refractivity contribution < 1.29 is 4.79 Å². The molecule has 1 aromatic carbocycles. The van der Waals surface area contributed by atoms with Crippen molar-refractivity contribution in [2.45, 2.75) is 63.6 Å². The molecule has 1 saturated carbocycles. The number of rotatable bonds is 7. The second-order valence-electron chi connectivity index (χ2n) is 9.62. The number of aryl methyl sites for hydroxylation is 1. The summed E-state index contributed by atoms with van der Waals surface area (Å²) in [7, 11) is 0. The van der Waals surface area contributed by atoms with Gasteiger partial charge in [0.15, 0.2) is 5.11 Å². The number of carbonyl (C=O) groups excluding carboxylic acids is 1. The topological polar surface area (TPSA) is 62.2 Å². The predicted molar refractivity (Wildman–Crippen MR) is 143 cm³/mol. The molecule has 182 valence electrons. The van der Waals surface area contributed by atoms with E-state index in [0.29, 0.717) is 24.1 Å². The van der Waals surface area contributed by atoms with Crippen LogP contribution in [0.15, 0.2) is 67.0 Å². The minimum atomic E-state index is -0.0684. The van der Waals surface area contributed by atoms with Crippen LogP contribution in [0, 0.1) is 6.92 Å². The summed E-state index contributed by atoms with van der Waals surface area (Å²) in [5.41, 5.74) is 4.18. The normalized spacial score (nSPS) is 20.6. The number of benzene rings is 1. The lowest BCUT2D eigenvalue weighted by atomic mass is 9.94. The highest BCUT2D eigenvalue weighted by Gasteiger charge is 2.41. The molecule has 1 aliphatic carbocycles. The van der Waals surface area contributed by atoms with Gasteiger partial charge < -0.3 is 20.1 Å². The molecule has 3 aromatic rings. The number of nitrogens with one attached hydrogen (secondary N) is 2. The molecule has 0 bridgehead atoms. The van der Waals surface area contributed by atoms with Crippen molar-refractivity contribution in [3.05, 3.63) is 83.9 Å². The zero-order valence-corrected chi connectivity index (χ0v) is 21.0. The van der Waals surface area contributed by atoms with E-state index in [1.807, 2.05) is 49.5 Å². The molecular weight excluding hydrogens is 454 g/mol. The number of anilines is 1. The summed E-state index contributed by atoms with van der Waals surface area (Å²) < 4.78 is 2.45. The van der Waals surface area contributed by atoms with Crippen molar-refractivity contribution in [2.24, 2.45) is 0 Å². The Morgan fingerprint density at radius 3 is 2.63 bits per heavy atom. The van der Waals surface area contributed by atoms with Crippen LogP contribution in [0.2, 0.25) is 0 Å². The summed E-state index contributed by atoms with van der Waals surface area (Å²) in [4.78, 5) is 19.6. The Morgan fingerprint density at radius 1 is 1.09 bits per heavy atom. The molecule has 5 rings (SSSR count). The first-order valence-electron chi connectivity index (χ1n) is 12.6. The molecule has 2 aliphatic rings. The lowest BCUT2D eigenvalue weighted by Gasteiger charge is -2.32. The van der Waals surface area contributed by atoms with Crippen LogP contribution in [-0.4, -0.2) is 32.0 Å². The van der Waals surface area contributed by atoms with Gasteiger partial charge in [0.05, 0.1) is 17.8 Å². The average Bonchev–Trinajstić information content (AvgIpc) is 3.49. The third-order valence-electron chi connectivity index (χ3n) is 7.20. The quantitative estimate of drug-likeness (QED) is 0.419. The van der Waals surface area contributed by atoms with E-state index in [1.54, 1.807) is 0 Å². The maximum atomic E-state index is 12.8. The van der Waals surface area contributed by atoms with Gasteiger partial charge in [-0.2, -0.15) is 0 Å². The molecule has 2 atom stereocenters. The molecule has 35 heavy (non-hydrogen) atoms. The minimum absolute atomic E-state index is 0.0145. The summed E-state index contributed by atoms with van der Waals surface area (Å²) in [5.74, 6) is -0.0145. The van der Waals surface area contributed by atoms with E-state index < -0.39 is 0 Å². The Labute approximate surface area is 212 Å². The van der Waals surface area contributed by atoms with Crippen LogP contribution in [0.25, 0.3) is 0 Å². The maximum absolute atomic E-state index is 12.8. The van der Waals surface area contributed by atoms with Gasteiger partial charge >= 0.3 is 0 Å². The van der Waals surface area contributed by atoms with E-state index in [0.717, 1.165) is 11.4 Å². The SMILES string of the molecule is Cc1ccc(NC(=O)CCN2C(=S)NC(c3ccccn3)C2c2cccn2C2CCCCC2)cc1. The first kappa shape index (κ1) is 23.5. The number of pyridine rings is 1. The molecule has 2 aromatic heterocycles. The number of nitrogens with zero attached hydrogens (tertiary/aromatic N) is 3. The number of amides is 1. The van der Waals surface area contributed by atoms with Crippen LogP contribution in [0.4, 0.5) is 5.69 Å². The average molecular weight is 488 g/mol. The minimum Gasteiger partial charge on any atom is -0.352 e. The molecule has 3 heterocycles. The van der Waals surface area contributed by atoms with Gasteiger partial charge in [-0.1, -0.05) is 43.0 Å². The highest BCUT2D eigenvalue weighted by Crippen LogP contribution is 2.41. The number of thiocarbonyl (C=S) groups is 1. The molecule has 6 nitrogen and oxygen atoms in total. The van der Waals surface area contributed by atoms with E-state index in [1.165, 1.54) is 43.4 Å². The molecular formula is C28H33N5OS. The van der Waals surface area contributed by atoms with Crippen LogP contribution < -0.4 is 10.6 Å². The molecule has 7 heteroatoms. The molecule has 2 N–H and O–H groups in total. The van der Waals surface area contributed by atoms with E-state index in [9.17, 15) is 4.79 Å². The lowest BCUT2D eigenvalue weighted by molar-refractivity contribution is -0.116. The summed E-state index contributed by atoms with van der Waals surface area (Å²) in [5, 5.41) is 7.21. The van der Waals surface area contributed by atoms with Crippen molar-refractivity contribution in [3.63, 3.8) is 0 Å². The predicted octanol–water partition coefficient (Wildman–Crippen LogP) is 5.70. The van der Waals surface area contributed by atoms with Crippen molar-refractivity contribution in [1.29, 1.82) is 0 Å². The van der Waals surface area contributed by atoms with Crippen molar-refractivity contribution in [1.82, 2.24) is 19.8 Å². The lowest BCUT2D eigenvalue weighted by Crippen LogP contribution is -2.33. The zero-order chi connectivity index (χ0) is 24.2. The zero-order valence-electron chi connectivity index (χ0n) is 20.2. The largest absolute Gasteiger partial charge is 0.352 e. The summed E-state index contributed by atoms with van der Waals surface area (Å²) in [6.45, 7) is 2.57. The molecule has 0 spiro atoms. The maximum Gasteiger partial charge on any atom is 0.226 e.